The van der Waals surface area contributed by atoms with Gasteiger partial charge in [0.05, 0.1) is 17.8 Å². The van der Waals surface area contributed by atoms with Gasteiger partial charge in [0.2, 0.25) is 11.8 Å². The average Bonchev–Trinajstić information content (AvgIpc) is 3.14. The minimum absolute atomic E-state index is 0.0195. The number of anilines is 2. The van der Waals surface area contributed by atoms with Crippen molar-refractivity contribution in [3.05, 3.63) is 42.1 Å². The van der Waals surface area contributed by atoms with Gasteiger partial charge in [0.25, 0.3) is 0 Å². The van der Waals surface area contributed by atoms with Crippen molar-refractivity contribution in [3.63, 3.8) is 0 Å². The normalized spacial score (nSPS) is 17.4. The number of hydrogen-bond acceptors (Lipinski definition) is 3. The summed E-state index contributed by atoms with van der Waals surface area (Å²) in [6.45, 7) is 3.91. The predicted octanol–water partition coefficient (Wildman–Crippen LogP) is 2.73. The highest BCUT2D eigenvalue weighted by Crippen LogP contribution is 2.28. The molecule has 1 aromatic carbocycles. The third-order valence-corrected chi connectivity index (χ3v) is 4.11. The van der Waals surface area contributed by atoms with Gasteiger partial charge in [-0.25, -0.2) is 13.5 Å². The fraction of sp³-hybridized carbons (Fsp3) is 0.353. The Labute approximate surface area is 143 Å². The topological polar surface area (TPSA) is 67.2 Å². The molecule has 1 N–H and O–H groups in total. The lowest BCUT2D eigenvalue weighted by molar-refractivity contribution is -0.122. The zero-order valence-corrected chi connectivity index (χ0v) is 13.9. The molecule has 2 heterocycles. The molecule has 132 valence electrons. The summed E-state index contributed by atoms with van der Waals surface area (Å²) in [6, 6.07) is 4.75. The van der Waals surface area contributed by atoms with Crippen molar-refractivity contribution >= 4 is 23.3 Å². The van der Waals surface area contributed by atoms with Crippen LogP contribution in [0.25, 0.3) is 0 Å². The molecule has 1 saturated heterocycles. The predicted molar refractivity (Wildman–Crippen MR) is 88.1 cm³/mol. The van der Waals surface area contributed by atoms with Gasteiger partial charge in [-0.3, -0.25) is 9.59 Å². The monoisotopic (exact) mass is 348 g/mol. The Hall–Kier alpha value is -2.77. The van der Waals surface area contributed by atoms with E-state index in [1.807, 2.05) is 13.8 Å². The molecule has 6 nitrogen and oxygen atoms in total. The number of amides is 2. The maximum absolute atomic E-state index is 13.9. The van der Waals surface area contributed by atoms with Crippen LogP contribution in [-0.2, 0) is 9.59 Å². The second-order valence-corrected chi connectivity index (χ2v) is 6.25. The number of nitrogens with one attached hydrogen (secondary N) is 1. The van der Waals surface area contributed by atoms with E-state index in [0.717, 1.165) is 12.1 Å². The van der Waals surface area contributed by atoms with Gasteiger partial charge in [-0.2, -0.15) is 5.10 Å². The van der Waals surface area contributed by atoms with Crippen LogP contribution in [0.4, 0.5) is 20.3 Å². The molecular weight excluding hydrogens is 330 g/mol. The van der Waals surface area contributed by atoms with E-state index in [-0.39, 0.29) is 36.5 Å². The Kier molecular flexibility index (Phi) is 4.52. The maximum atomic E-state index is 13.9. The number of halogens is 2. The maximum Gasteiger partial charge on any atom is 0.230 e. The summed E-state index contributed by atoms with van der Waals surface area (Å²) in [5.41, 5.74) is -0.0195. The lowest BCUT2D eigenvalue weighted by Gasteiger charge is -2.18. The van der Waals surface area contributed by atoms with Crippen LogP contribution in [0.5, 0.6) is 0 Å². The third kappa shape index (κ3) is 3.38. The summed E-state index contributed by atoms with van der Waals surface area (Å²) in [5.74, 6) is -2.33. The summed E-state index contributed by atoms with van der Waals surface area (Å²) < 4.78 is 28.6. The van der Waals surface area contributed by atoms with E-state index in [2.05, 4.69) is 10.4 Å². The van der Waals surface area contributed by atoms with Crippen LogP contribution in [0.3, 0.4) is 0 Å². The Balaban J connectivity index is 1.73. The van der Waals surface area contributed by atoms with E-state index in [4.69, 9.17) is 0 Å². The van der Waals surface area contributed by atoms with Gasteiger partial charge in [-0.05, 0) is 26.0 Å². The van der Waals surface area contributed by atoms with Crippen LogP contribution in [0, 0.1) is 17.6 Å². The van der Waals surface area contributed by atoms with Gasteiger partial charge in [0, 0.05) is 31.1 Å². The molecule has 0 aliphatic carbocycles. The molecule has 1 atom stereocenters. The molecule has 1 aliphatic heterocycles. The molecule has 3 rings (SSSR count). The first-order valence-electron chi connectivity index (χ1n) is 7.96. The summed E-state index contributed by atoms with van der Waals surface area (Å²) in [7, 11) is 0. The molecule has 2 amide bonds. The number of aromatic nitrogens is 2. The Morgan fingerprint density at radius 1 is 1.32 bits per heavy atom. The van der Waals surface area contributed by atoms with Crippen molar-refractivity contribution in [3.8, 4) is 0 Å². The zero-order chi connectivity index (χ0) is 18.1. The number of nitrogens with zero attached hydrogens (tertiary/aromatic N) is 3. The summed E-state index contributed by atoms with van der Waals surface area (Å²) in [5, 5.41) is 6.89. The highest BCUT2D eigenvalue weighted by molar-refractivity contribution is 6.03. The fourth-order valence-corrected chi connectivity index (χ4v) is 2.87. The first kappa shape index (κ1) is 17.1. The molecule has 0 spiro atoms. The van der Waals surface area contributed by atoms with Crippen LogP contribution >= 0.6 is 0 Å². The van der Waals surface area contributed by atoms with Crippen molar-refractivity contribution < 1.29 is 18.4 Å². The molecule has 25 heavy (non-hydrogen) atoms. The van der Waals surface area contributed by atoms with Crippen LogP contribution in [-0.4, -0.2) is 28.1 Å². The highest BCUT2D eigenvalue weighted by Gasteiger charge is 2.36. The fourth-order valence-electron chi connectivity index (χ4n) is 2.87. The van der Waals surface area contributed by atoms with Crippen molar-refractivity contribution in [1.82, 2.24) is 9.78 Å². The summed E-state index contributed by atoms with van der Waals surface area (Å²) in [4.78, 5) is 25.8. The quantitative estimate of drug-likeness (QED) is 0.924. The van der Waals surface area contributed by atoms with Gasteiger partial charge in [0.1, 0.15) is 17.5 Å². The Morgan fingerprint density at radius 2 is 2.08 bits per heavy atom. The van der Waals surface area contributed by atoms with Crippen molar-refractivity contribution in [2.45, 2.75) is 26.3 Å². The summed E-state index contributed by atoms with van der Waals surface area (Å²) >= 11 is 0. The van der Waals surface area contributed by atoms with E-state index in [1.54, 1.807) is 16.9 Å². The highest BCUT2D eigenvalue weighted by atomic mass is 19.1. The molecule has 8 heteroatoms. The second-order valence-electron chi connectivity index (χ2n) is 6.25. The average molecular weight is 348 g/mol. The molecule has 2 aromatic rings. The lowest BCUT2D eigenvalue weighted by atomic mass is 10.1. The molecular formula is C17H18F2N4O2. The standard InChI is InChI=1S/C17H18F2N4O2/c1-10(2)23-15(5-6-20-23)21-17(25)11-7-16(24)22(9-11)14-4-3-12(18)8-13(14)19/h3-6,8,10-11H,7,9H2,1-2H3,(H,21,25). The van der Waals surface area contributed by atoms with E-state index in [0.29, 0.717) is 5.82 Å². The number of benzene rings is 1. The smallest absolute Gasteiger partial charge is 0.230 e. The second kappa shape index (κ2) is 6.62. The van der Waals surface area contributed by atoms with Crippen molar-refractivity contribution in [2.24, 2.45) is 5.92 Å². The molecule has 1 unspecified atom stereocenters. The molecule has 0 bridgehead atoms. The molecule has 0 saturated carbocycles. The van der Waals surface area contributed by atoms with Crippen molar-refractivity contribution in [1.29, 1.82) is 0 Å². The van der Waals surface area contributed by atoms with E-state index < -0.39 is 17.6 Å². The Bertz CT molecular complexity index is 819. The van der Waals surface area contributed by atoms with Gasteiger partial charge in [-0.1, -0.05) is 0 Å². The third-order valence-electron chi connectivity index (χ3n) is 4.11. The van der Waals surface area contributed by atoms with Crippen LogP contribution in [0.1, 0.15) is 26.3 Å². The Morgan fingerprint density at radius 3 is 2.76 bits per heavy atom. The van der Waals surface area contributed by atoms with Crippen LogP contribution in [0.15, 0.2) is 30.5 Å². The number of carbonyl (C=O) groups excluding carboxylic acids is 2. The van der Waals surface area contributed by atoms with Gasteiger partial charge < -0.3 is 10.2 Å². The number of hydrogen-bond donors (Lipinski definition) is 1. The SMILES string of the molecule is CC(C)n1nccc1NC(=O)C1CC(=O)N(c2ccc(F)cc2F)C1. The van der Waals surface area contributed by atoms with Crippen LogP contribution in [0.2, 0.25) is 0 Å². The molecule has 1 aliphatic rings. The molecule has 1 aromatic heterocycles. The van der Waals surface area contributed by atoms with E-state index in [1.165, 1.54) is 11.0 Å². The minimum atomic E-state index is -0.827. The lowest BCUT2D eigenvalue weighted by Crippen LogP contribution is -2.29. The van der Waals surface area contributed by atoms with Gasteiger partial charge in [-0.15, -0.1) is 0 Å². The van der Waals surface area contributed by atoms with E-state index in [9.17, 15) is 18.4 Å². The molecule has 0 radical (unpaired) electrons. The largest absolute Gasteiger partial charge is 0.311 e. The van der Waals surface area contributed by atoms with Gasteiger partial charge >= 0.3 is 0 Å². The number of rotatable bonds is 4. The minimum Gasteiger partial charge on any atom is -0.311 e. The first-order valence-corrected chi connectivity index (χ1v) is 7.96. The summed E-state index contributed by atoms with van der Waals surface area (Å²) in [6.07, 6.45) is 1.55. The van der Waals surface area contributed by atoms with Gasteiger partial charge in [0.15, 0.2) is 0 Å². The first-order chi connectivity index (χ1) is 11.9. The van der Waals surface area contributed by atoms with E-state index >= 15 is 0 Å². The number of carbonyl (C=O) groups is 2. The van der Waals surface area contributed by atoms with Crippen molar-refractivity contribution in [2.75, 3.05) is 16.8 Å². The zero-order valence-electron chi connectivity index (χ0n) is 13.9. The molecule has 1 fully saturated rings. The van der Waals surface area contributed by atoms with Crippen LogP contribution < -0.4 is 10.2 Å².